The van der Waals surface area contributed by atoms with E-state index in [1.54, 1.807) is 0 Å². The summed E-state index contributed by atoms with van der Waals surface area (Å²) in [5.74, 6) is -1.17. The molecule has 0 heterocycles. The molecule has 122 valence electrons. The molecule has 2 aromatic rings. The average Bonchev–Trinajstić information content (AvgIpc) is 2.46. The first kappa shape index (κ1) is 16.9. The number of carboxylic acids is 1. The van der Waals surface area contributed by atoms with Gasteiger partial charge < -0.3 is 5.11 Å². The largest absolute Gasteiger partial charge is 0.478 e. The zero-order chi connectivity index (χ0) is 17.3. The fraction of sp³-hybridized carbons (Fsp3) is 0. The second-order valence-electron chi connectivity index (χ2n) is 4.50. The summed E-state index contributed by atoms with van der Waals surface area (Å²) in [5, 5.41) is 13.7. The monoisotopic (exact) mass is 356 g/mol. The second kappa shape index (κ2) is 5.99. The smallest absolute Gasteiger partial charge is 0.335 e. The second-order valence-corrected chi connectivity index (χ2v) is 7.75. The predicted octanol–water partition coefficient (Wildman–Crippen LogP) is 0.833. The maximum atomic E-state index is 12.2. The van der Waals surface area contributed by atoms with Crippen LogP contribution in [0.1, 0.15) is 10.4 Å². The van der Waals surface area contributed by atoms with Gasteiger partial charge in [-0.1, -0.05) is 0 Å². The fourth-order valence-corrected chi connectivity index (χ4v) is 3.28. The number of sulfonamides is 2. The highest BCUT2D eigenvalue weighted by molar-refractivity contribution is 7.92. The van der Waals surface area contributed by atoms with Gasteiger partial charge in [-0.25, -0.2) is 26.8 Å². The highest BCUT2D eigenvalue weighted by Gasteiger charge is 2.15. The lowest BCUT2D eigenvalue weighted by Gasteiger charge is -2.08. The van der Waals surface area contributed by atoms with Crippen molar-refractivity contribution < 1.29 is 26.7 Å². The van der Waals surface area contributed by atoms with Crippen molar-refractivity contribution in [2.45, 2.75) is 9.79 Å². The van der Waals surface area contributed by atoms with Crippen LogP contribution in [0, 0.1) is 0 Å². The molecule has 2 aromatic carbocycles. The van der Waals surface area contributed by atoms with Crippen LogP contribution in [0.25, 0.3) is 0 Å². The molecule has 0 aliphatic heterocycles. The molecule has 8 nitrogen and oxygen atoms in total. The van der Waals surface area contributed by atoms with Crippen LogP contribution in [0.15, 0.2) is 58.3 Å². The summed E-state index contributed by atoms with van der Waals surface area (Å²) in [6.45, 7) is 0. The number of primary sulfonamides is 1. The van der Waals surface area contributed by atoms with Gasteiger partial charge >= 0.3 is 5.97 Å². The Labute approximate surface area is 132 Å². The van der Waals surface area contributed by atoms with Gasteiger partial charge in [0.1, 0.15) is 0 Å². The Morgan fingerprint density at radius 3 is 1.78 bits per heavy atom. The van der Waals surface area contributed by atoms with Gasteiger partial charge in [0.25, 0.3) is 10.0 Å². The van der Waals surface area contributed by atoms with Crippen LogP contribution >= 0.6 is 0 Å². The van der Waals surface area contributed by atoms with Gasteiger partial charge in [0, 0.05) is 5.69 Å². The Balaban J connectivity index is 2.26. The zero-order valence-corrected chi connectivity index (χ0v) is 13.1. The molecule has 2 rings (SSSR count). The summed E-state index contributed by atoms with van der Waals surface area (Å²) in [4.78, 5) is 10.5. The molecule has 0 amide bonds. The normalized spacial score (nSPS) is 11.9. The molecule has 10 heteroatoms. The molecule has 0 atom stereocenters. The quantitative estimate of drug-likeness (QED) is 0.724. The Morgan fingerprint density at radius 1 is 0.870 bits per heavy atom. The predicted molar refractivity (Wildman–Crippen MR) is 82.0 cm³/mol. The summed E-state index contributed by atoms with van der Waals surface area (Å²) in [6.07, 6.45) is 0. The van der Waals surface area contributed by atoms with Crippen molar-refractivity contribution in [2.24, 2.45) is 5.14 Å². The van der Waals surface area contributed by atoms with Crippen molar-refractivity contribution in [2.75, 3.05) is 4.72 Å². The molecule has 0 spiro atoms. The van der Waals surface area contributed by atoms with Gasteiger partial charge in [-0.15, -0.1) is 0 Å². The molecule has 0 aliphatic carbocycles. The Bertz CT molecular complexity index is 933. The van der Waals surface area contributed by atoms with Gasteiger partial charge in [-0.2, -0.15) is 0 Å². The number of hydrogen-bond acceptors (Lipinski definition) is 5. The molecule has 0 fully saturated rings. The van der Waals surface area contributed by atoms with Crippen LogP contribution in [0.2, 0.25) is 0 Å². The van der Waals surface area contributed by atoms with Gasteiger partial charge in [0.15, 0.2) is 0 Å². The molecule has 0 bridgehead atoms. The molecule has 0 radical (unpaired) electrons. The first-order valence-electron chi connectivity index (χ1n) is 6.09. The van der Waals surface area contributed by atoms with Crippen LogP contribution in [0.4, 0.5) is 5.69 Å². The standard InChI is InChI=1S/C13H12N2O6S2/c14-22(18,19)11-7-3-10(4-8-11)15-23(20,21)12-5-1-9(2-6-12)13(16)17/h1-8,15H,(H,16,17)(H2,14,18,19). The Hall–Kier alpha value is -2.43. The first-order chi connectivity index (χ1) is 10.6. The van der Waals surface area contributed by atoms with E-state index in [-0.39, 0.29) is 21.0 Å². The van der Waals surface area contributed by atoms with Crippen molar-refractivity contribution in [3.63, 3.8) is 0 Å². The number of nitrogens with two attached hydrogens (primary N) is 1. The zero-order valence-electron chi connectivity index (χ0n) is 11.5. The number of nitrogens with one attached hydrogen (secondary N) is 1. The molecular weight excluding hydrogens is 344 g/mol. The van der Waals surface area contributed by atoms with E-state index >= 15 is 0 Å². The summed E-state index contributed by atoms with van der Waals surface area (Å²) >= 11 is 0. The minimum atomic E-state index is -3.93. The molecule has 23 heavy (non-hydrogen) atoms. The van der Waals surface area contributed by atoms with Crippen molar-refractivity contribution in [1.29, 1.82) is 0 Å². The maximum absolute atomic E-state index is 12.2. The van der Waals surface area contributed by atoms with E-state index in [1.807, 2.05) is 0 Å². The minimum Gasteiger partial charge on any atom is -0.478 e. The van der Waals surface area contributed by atoms with E-state index in [1.165, 1.54) is 36.4 Å². The lowest BCUT2D eigenvalue weighted by atomic mass is 10.2. The number of aromatic carboxylic acids is 1. The van der Waals surface area contributed by atoms with Crippen LogP contribution in [-0.2, 0) is 20.0 Å². The van der Waals surface area contributed by atoms with E-state index in [4.69, 9.17) is 10.2 Å². The van der Waals surface area contributed by atoms with Gasteiger partial charge in [0.05, 0.1) is 15.4 Å². The van der Waals surface area contributed by atoms with Crippen molar-refractivity contribution in [3.8, 4) is 0 Å². The highest BCUT2D eigenvalue weighted by Crippen LogP contribution is 2.18. The van der Waals surface area contributed by atoms with Gasteiger partial charge in [-0.05, 0) is 48.5 Å². The van der Waals surface area contributed by atoms with Crippen LogP contribution in [0.5, 0.6) is 0 Å². The molecule has 0 saturated carbocycles. The van der Waals surface area contributed by atoms with E-state index < -0.39 is 26.0 Å². The third-order valence-corrected chi connectivity index (χ3v) is 5.17. The van der Waals surface area contributed by atoms with Crippen LogP contribution in [0.3, 0.4) is 0 Å². The van der Waals surface area contributed by atoms with E-state index in [0.29, 0.717) is 0 Å². The number of hydrogen-bond donors (Lipinski definition) is 3. The lowest BCUT2D eigenvalue weighted by molar-refractivity contribution is 0.0696. The van der Waals surface area contributed by atoms with Gasteiger partial charge in [0.2, 0.25) is 10.0 Å². The van der Waals surface area contributed by atoms with Crippen LogP contribution in [-0.4, -0.2) is 27.9 Å². The molecule has 4 N–H and O–H groups in total. The highest BCUT2D eigenvalue weighted by atomic mass is 32.2. The molecule has 0 aromatic heterocycles. The third-order valence-electron chi connectivity index (χ3n) is 2.85. The lowest BCUT2D eigenvalue weighted by Crippen LogP contribution is -2.14. The minimum absolute atomic E-state index is 0.0403. The number of rotatable bonds is 5. The van der Waals surface area contributed by atoms with E-state index in [2.05, 4.69) is 4.72 Å². The summed E-state index contributed by atoms with van der Waals surface area (Å²) < 4.78 is 48.8. The number of anilines is 1. The van der Waals surface area contributed by atoms with E-state index in [9.17, 15) is 21.6 Å². The fourth-order valence-electron chi connectivity index (χ4n) is 1.70. The summed E-state index contributed by atoms with van der Waals surface area (Å²) in [7, 11) is -7.79. The Kier molecular flexibility index (Phi) is 4.41. The van der Waals surface area contributed by atoms with Crippen molar-refractivity contribution in [1.82, 2.24) is 0 Å². The molecular formula is C13H12N2O6S2. The average molecular weight is 356 g/mol. The SMILES string of the molecule is NS(=O)(=O)c1ccc(NS(=O)(=O)c2ccc(C(=O)O)cc2)cc1. The van der Waals surface area contributed by atoms with Gasteiger partial charge in [-0.3, -0.25) is 4.72 Å². The first-order valence-corrected chi connectivity index (χ1v) is 9.11. The number of carboxylic acid groups (broad SMARTS) is 1. The third kappa shape index (κ3) is 4.06. The molecule has 0 unspecified atom stereocenters. The van der Waals surface area contributed by atoms with E-state index in [0.717, 1.165) is 12.1 Å². The van der Waals surface area contributed by atoms with Crippen molar-refractivity contribution in [3.05, 3.63) is 54.1 Å². The number of carbonyl (C=O) groups is 1. The molecule has 0 aliphatic rings. The van der Waals surface area contributed by atoms with Crippen LogP contribution < -0.4 is 9.86 Å². The summed E-state index contributed by atoms with van der Waals surface area (Å²) in [6, 6.07) is 9.49. The maximum Gasteiger partial charge on any atom is 0.335 e. The number of benzene rings is 2. The Morgan fingerprint density at radius 2 is 1.35 bits per heavy atom. The topological polar surface area (TPSA) is 144 Å². The van der Waals surface area contributed by atoms with Crippen molar-refractivity contribution >= 4 is 31.7 Å². The summed E-state index contributed by atoms with van der Waals surface area (Å²) in [5.41, 5.74) is 0.0983. The molecule has 0 saturated heterocycles.